The standard InChI is InChI=1S/C15H20FNO/c1-15(5-4-12(17)8-15)9-13-7-10-6-11(16)2-3-14(10)18-13/h2-3,6,12-13H,4-5,7-9,17H2,1H3. The van der Waals surface area contributed by atoms with Crippen LogP contribution < -0.4 is 10.5 Å². The predicted octanol–water partition coefficient (Wildman–Crippen LogP) is 3.04. The summed E-state index contributed by atoms with van der Waals surface area (Å²) in [4.78, 5) is 0. The molecule has 1 heterocycles. The molecule has 2 N–H and O–H groups in total. The van der Waals surface area contributed by atoms with Crippen molar-refractivity contribution in [3.05, 3.63) is 29.6 Å². The van der Waals surface area contributed by atoms with E-state index in [1.807, 2.05) is 0 Å². The van der Waals surface area contributed by atoms with Crippen LogP contribution in [0.25, 0.3) is 0 Å². The minimum absolute atomic E-state index is 0.174. The van der Waals surface area contributed by atoms with Crippen molar-refractivity contribution in [2.75, 3.05) is 0 Å². The molecule has 0 saturated heterocycles. The first kappa shape index (κ1) is 12.0. The number of hydrogen-bond donors (Lipinski definition) is 1. The Labute approximate surface area is 107 Å². The van der Waals surface area contributed by atoms with Crippen molar-refractivity contribution in [3.63, 3.8) is 0 Å². The Kier molecular flexibility index (Phi) is 2.81. The molecule has 98 valence electrons. The van der Waals surface area contributed by atoms with Crippen molar-refractivity contribution in [1.29, 1.82) is 0 Å². The van der Waals surface area contributed by atoms with E-state index in [1.54, 1.807) is 12.1 Å². The van der Waals surface area contributed by atoms with Crippen LogP contribution in [0.15, 0.2) is 18.2 Å². The number of hydrogen-bond acceptors (Lipinski definition) is 2. The third kappa shape index (κ3) is 2.24. The zero-order chi connectivity index (χ0) is 12.8. The van der Waals surface area contributed by atoms with Crippen molar-refractivity contribution in [1.82, 2.24) is 0 Å². The highest BCUT2D eigenvalue weighted by molar-refractivity contribution is 5.37. The lowest BCUT2D eigenvalue weighted by Crippen LogP contribution is -2.26. The fraction of sp³-hybridized carbons (Fsp3) is 0.600. The molecule has 0 bridgehead atoms. The van der Waals surface area contributed by atoms with Gasteiger partial charge in [0.15, 0.2) is 0 Å². The number of halogens is 1. The van der Waals surface area contributed by atoms with Crippen LogP contribution in [-0.2, 0) is 6.42 Å². The predicted molar refractivity (Wildman–Crippen MR) is 69.1 cm³/mol. The molecular formula is C15H20FNO. The average Bonchev–Trinajstić information content (AvgIpc) is 2.81. The van der Waals surface area contributed by atoms with Crippen LogP contribution in [0.5, 0.6) is 5.75 Å². The van der Waals surface area contributed by atoms with Gasteiger partial charge in [0, 0.05) is 18.0 Å². The largest absolute Gasteiger partial charge is 0.490 e. The van der Waals surface area contributed by atoms with Gasteiger partial charge in [-0.15, -0.1) is 0 Å². The fourth-order valence-corrected chi connectivity index (χ4v) is 3.51. The van der Waals surface area contributed by atoms with Crippen LogP contribution >= 0.6 is 0 Å². The van der Waals surface area contributed by atoms with Gasteiger partial charge in [0.1, 0.15) is 17.7 Å². The first-order chi connectivity index (χ1) is 8.54. The van der Waals surface area contributed by atoms with E-state index in [4.69, 9.17) is 10.5 Å². The molecule has 1 aromatic rings. The van der Waals surface area contributed by atoms with Crippen molar-refractivity contribution in [2.24, 2.45) is 11.1 Å². The van der Waals surface area contributed by atoms with Gasteiger partial charge in [-0.2, -0.15) is 0 Å². The van der Waals surface area contributed by atoms with Crippen molar-refractivity contribution >= 4 is 0 Å². The molecule has 2 nitrogen and oxygen atoms in total. The lowest BCUT2D eigenvalue weighted by Gasteiger charge is -2.27. The highest BCUT2D eigenvalue weighted by atomic mass is 19.1. The molecule has 1 aromatic carbocycles. The van der Waals surface area contributed by atoms with Crippen molar-refractivity contribution in [2.45, 2.75) is 51.2 Å². The second-order valence-electron chi connectivity index (χ2n) is 6.21. The van der Waals surface area contributed by atoms with Gasteiger partial charge >= 0.3 is 0 Å². The minimum Gasteiger partial charge on any atom is -0.490 e. The maximum absolute atomic E-state index is 13.1. The first-order valence-corrected chi connectivity index (χ1v) is 6.75. The van der Waals surface area contributed by atoms with Crippen molar-refractivity contribution in [3.8, 4) is 5.75 Å². The Morgan fingerprint density at radius 1 is 1.50 bits per heavy atom. The van der Waals surface area contributed by atoms with E-state index in [0.29, 0.717) is 11.5 Å². The summed E-state index contributed by atoms with van der Waals surface area (Å²) < 4.78 is 19.1. The highest BCUT2D eigenvalue weighted by Crippen LogP contribution is 2.43. The van der Waals surface area contributed by atoms with E-state index in [0.717, 1.165) is 37.0 Å². The maximum atomic E-state index is 13.1. The van der Waals surface area contributed by atoms with Gasteiger partial charge in [0.2, 0.25) is 0 Å². The Morgan fingerprint density at radius 2 is 2.33 bits per heavy atom. The van der Waals surface area contributed by atoms with Gasteiger partial charge in [-0.05, 0) is 49.3 Å². The van der Waals surface area contributed by atoms with Gasteiger partial charge in [0.05, 0.1) is 0 Å². The zero-order valence-electron chi connectivity index (χ0n) is 10.8. The fourth-order valence-electron chi connectivity index (χ4n) is 3.51. The number of fused-ring (bicyclic) bond motifs is 1. The molecule has 1 saturated carbocycles. The van der Waals surface area contributed by atoms with E-state index in [-0.39, 0.29) is 11.9 Å². The number of ether oxygens (including phenoxy) is 1. The maximum Gasteiger partial charge on any atom is 0.123 e. The topological polar surface area (TPSA) is 35.2 Å². The Morgan fingerprint density at radius 3 is 3.06 bits per heavy atom. The molecule has 1 aliphatic carbocycles. The summed E-state index contributed by atoms with van der Waals surface area (Å²) in [6.45, 7) is 2.30. The average molecular weight is 249 g/mol. The molecule has 0 amide bonds. The zero-order valence-corrected chi connectivity index (χ0v) is 10.8. The minimum atomic E-state index is -0.174. The van der Waals surface area contributed by atoms with Gasteiger partial charge in [0.25, 0.3) is 0 Å². The number of benzene rings is 1. The summed E-state index contributed by atoms with van der Waals surface area (Å²) in [6.07, 6.45) is 5.42. The van der Waals surface area contributed by atoms with Gasteiger partial charge in [-0.3, -0.25) is 0 Å². The van der Waals surface area contributed by atoms with Crippen molar-refractivity contribution < 1.29 is 9.13 Å². The lowest BCUT2D eigenvalue weighted by atomic mass is 9.82. The normalized spacial score (nSPS) is 34.4. The Bertz CT molecular complexity index is 462. The summed E-state index contributed by atoms with van der Waals surface area (Å²) in [7, 11) is 0. The lowest BCUT2D eigenvalue weighted by molar-refractivity contribution is 0.148. The van der Waals surface area contributed by atoms with E-state index in [2.05, 4.69) is 6.92 Å². The molecule has 1 fully saturated rings. The van der Waals surface area contributed by atoms with Gasteiger partial charge in [-0.1, -0.05) is 6.92 Å². The molecule has 1 aliphatic heterocycles. The smallest absolute Gasteiger partial charge is 0.123 e. The molecule has 0 spiro atoms. The molecule has 0 radical (unpaired) electrons. The molecule has 3 unspecified atom stereocenters. The summed E-state index contributed by atoms with van der Waals surface area (Å²) in [5, 5.41) is 0. The monoisotopic (exact) mass is 249 g/mol. The summed E-state index contributed by atoms with van der Waals surface area (Å²) in [6, 6.07) is 5.15. The molecule has 2 aliphatic rings. The van der Waals surface area contributed by atoms with E-state index >= 15 is 0 Å². The molecule has 0 aromatic heterocycles. The summed E-state index contributed by atoms with van der Waals surface area (Å²) >= 11 is 0. The SMILES string of the molecule is CC1(CC2Cc3cc(F)ccc3O2)CCC(N)C1. The third-order valence-electron chi connectivity index (χ3n) is 4.36. The van der Waals surface area contributed by atoms with Gasteiger partial charge < -0.3 is 10.5 Å². The molecule has 3 rings (SSSR count). The molecule has 18 heavy (non-hydrogen) atoms. The van der Waals surface area contributed by atoms with Crippen LogP contribution in [0.4, 0.5) is 4.39 Å². The van der Waals surface area contributed by atoms with Crippen LogP contribution in [0.3, 0.4) is 0 Å². The van der Waals surface area contributed by atoms with Crippen LogP contribution in [0.2, 0.25) is 0 Å². The quantitative estimate of drug-likeness (QED) is 0.874. The Balaban J connectivity index is 1.68. The van der Waals surface area contributed by atoms with E-state index < -0.39 is 0 Å². The molecular weight excluding hydrogens is 229 g/mol. The number of nitrogens with two attached hydrogens (primary N) is 1. The van der Waals surface area contributed by atoms with E-state index in [9.17, 15) is 4.39 Å². The van der Waals surface area contributed by atoms with Crippen LogP contribution in [0, 0.1) is 11.2 Å². The summed E-state index contributed by atoms with van der Waals surface area (Å²) in [5.41, 5.74) is 7.30. The summed E-state index contributed by atoms with van der Waals surface area (Å²) in [5.74, 6) is 0.680. The first-order valence-electron chi connectivity index (χ1n) is 6.75. The van der Waals surface area contributed by atoms with E-state index in [1.165, 1.54) is 12.5 Å². The number of rotatable bonds is 2. The van der Waals surface area contributed by atoms with Crippen LogP contribution in [0.1, 0.15) is 38.2 Å². The van der Waals surface area contributed by atoms with Crippen LogP contribution in [-0.4, -0.2) is 12.1 Å². The van der Waals surface area contributed by atoms with Gasteiger partial charge in [-0.25, -0.2) is 4.39 Å². The highest BCUT2D eigenvalue weighted by Gasteiger charge is 2.37. The molecule has 3 atom stereocenters. The molecule has 3 heteroatoms. The second kappa shape index (κ2) is 4.23. The Hall–Kier alpha value is -1.09. The third-order valence-corrected chi connectivity index (χ3v) is 4.36. The second-order valence-corrected chi connectivity index (χ2v) is 6.21.